The second-order valence-corrected chi connectivity index (χ2v) is 5.60. The second-order valence-electron chi connectivity index (χ2n) is 5.60. The van der Waals surface area contributed by atoms with Gasteiger partial charge in [-0.3, -0.25) is 4.79 Å². The number of hydrogen-bond donors (Lipinski definition) is 1. The van der Waals surface area contributed by atoms with Crippen molar-refractivity contribution < 1.29 is 19.1 Å². The number of esters is 1. The van der Waals surface area contributed by atoms with Gasteiger partial charge in [0.2, 0.25) is 0 Å². The van der Waals surface area contributed by atoms with Gasteiger partial charge in [0, 0.05) is 5.56 Å². The quantitative estimate of drug-likeness (QED) is 0.496. The molecule has 0 amide bonds. The summed E-state index contributed by atoms with van der Waals surface area (Å²) in [4.78, 5) is 26.3. The molecule has 5 nitrogen and oxygen atoms in total. The van der Waals surface area contributed by atoms with Crippen molar-refractivity contribution in [2.75, 3.05) is 6.61 Å². The molecule has 0 fully saturated rings. The van der Waals surface area contributed by atoms with Gasteiger partial charge in [-0.1, -0.05) is 13.5 Å². The molecule has 0 aliphatic heterocycles. The summed E-state index contributed by atoms with van der Waals surface area (Å²) in [6.45, 7) is 13.4. The van der Waals surface area contributed by atoms with Crippen molar-refractivity contribution in [1.29, 1.82) is 0 Å². The zero-order valence-corrected chi connectivity index (χ0v) is 13.3. The highest BCUT2D eigenvalue weighted by molar-refractivity contribution is 5.95. The first-order chi connectivity index (χ1) is 9.75. The van der Waals surface area contributed by atoms with E-state index in [2.05, 4.69) is 11.6 Å². The Labute approximate surface area is 125 Å². The van der Waals surface area contributed by atoms with Gasteiger partial charge in [-0.2, -0.15) is 0 Å². The van der Waals surface area contributed by atoms with Crippen LogP contribution in [0.15, 0.2) is 6.58 Å². The molecule has 0 aliphatic rings. The Balaban J connectivity index is 3.32. The number of rotatable bonds is 6. The van der Waals surface area contributed by atoms with E-state index in [0.29, 0.717) is 36.2 Å². The Morgan fingerprint density at radius 3 is 2.38 bits per heavy atom. The Morgan fingerprint density at radius 2 is 1.95 bits per heavy atom. The molecule has 0 radical (unpaired) electrons. The predicted molar refractivity (Wildman–Crippen MR) is 81.4 cm³/mol. The first-order valence-corrected chi connectivity index (χ1v) is 7.00. The normalized spacial score (nSPS) is 11.1. The van der Waals surface area contributed by atoms with Crippen molar-refractivity contribution in [1.82, 2.24) is 4.98 Å². The molecule has 1 aromatic rings. The fraction of sp³-hybridized carbons (Fsp3) is 0.500. The minimum atomic E-state index is -0.606. The second kappa shape index (κ2) is 6.61. The number of carbonyl (C=O) groups excluding carboxylic acids is 2. The number of nitrogens with one attached hydrogen (secondary N) is 1. The third kappa shape index (κ3) is 3.97. The Hall–Kier alpha value is -2.04. The molecular formula is C16H23NO4. The third-order valence-electron chi connectivity index (χ3n) is 2.80. The number of ether oxygens (including phenoxy) is 2. The van der Waals surface area contributed by atoms with Crippen molar-refractivity contribution in [3.8, 4) is 0 Å². The van der Waals surface area contributed by atoms with Crippen molar-refractivity contribution in [3.63, 3.8) is 0 Å². The first-order valence-electron chi connectivity index (χ1n) is 7.00. The van der Waals surface area contributed by atoms with E-state index in [9.17, 15) is 9.59 Å². The van der Waals surface area contributed by atoms with E-state index in [1.54, 1.807) is 20.8 Å². The summed E-state index contributed by atoms with van der Waals surface area (Å²) < 4.78 is 10.7. The maximum atomic E-state index is 12.3. The summed E-state index contributed by atoms with van der Waals surface area (Å²) in [5.74, 6) is -0.111. The Bertz CT molecular complexity index is 549. The molecule has 0 saturated carbocycles. The molecule has 1 N–H and O–H groups in total. The topological polar surface area (TPSA) is 68.4 Å². The lowest BCUT2D eigenvalue weighted by Crippen LogP contribution is -2.24. The van der Waals surface area contributed by atoms with Crippen LogP contribution < -0.4 is 0 Å². The first kappa shape index (κ1) is 17.0. The Morgan fingerprint density at radius 1 is 1.33 bits per heavy atom. The number of aromatic amines is 1. The van der Waals surface area contributed by atoms with Gasteiger partial charge in [-0.15, -0.1) is 0 Å². The Kier molecular flexibility index (Phi) is 5.35. The van der Waals surface area contributed by atoms with E-state index in [4.69, 9.17) is 9.47 Å². The zero-order valence-electron chi connectivity index (χ0n) is 13.3. The molecule has 5 heteroatoms. The van der Waals surface area contributed by atoms with E-state index in [-0.39, 0.29) is 11.4 Å². The lowest BCUT2D eigenvalue weighted by molar-refractivity contribution is 0.00624. The average Bonchev–Trinajstić information content (AvgIpc) is 2.75. The van der Waals surface area contributed by atoms with Gasteiger partial charge in [-0.05, 0) is 39.7 Å². The molecule has 0 aliphatic carbocycles. The lowest BCUT2D eigenvalue weighted by Gasteiger charge is -2.19. The fourth-order valence-electron chi connectivity index (χ4n) is 2.07. The molecule has 0 bridgehead atoms. The van der Waals surface area contributed by atoms with Crippen molar-refractivity contribution in [2.45, 2.75) is 46.6 Å². The van der Waals surface area contributed by atoms with Crippen LogP contribution in [0.2, 0.25) is 0 Å². The van der Waals surface area contributed by atoms with Crippen LogP contribution in [-0.4, -0.2) is 29.4 Å². The van der Waals surface area contributed by atoms with Crippen LogP contribution in [0.1, 0.15) is 66.7 Å². The van der Waals surface area contributed by atoms with Crippen molar-refractivity contribution in [3.05, 3.63) is 29.1 Å². The van der Waals surface area contributed by atoms with Gasteiger partial charge < -0.3 is 14.5 Å². The van der Waals surface area contributed by atoms with Crippen LogP contribution in [0.3, 0.4) is 0 Å². The van der Waals surface area contributed by atoms with E-state index in [1.165, 1.54) is 0 Å². The molecule has 0 spiro atoms. The summed E-state index contributed by atoms with van der Waals surface area (Å²) in [5, 5.41) is 0. The largest absolute Gasteiger partial charge is 0.494 e. The SMILES string of the molecule is C=C(OCC)c1c(C=O)[nH]c(C(=O)OC(C)(C)C)c1CC. The van der Waals surface area contributed by atoms with Gasteiger partial charge >= 0.3 is 5.97 Å². The van der Waals surface area contributed by atoms with Gasteiger partial charge in [0.15, 0.2) is 6.29 Å². The lowest BCUT2D eigenvalue weighted by atomic mass is 10.0. The predicted octanol–water partition coefficient (Wildman–Crippen LogP) is 3.35. The van der Waals surface area contributed by atoms with Crippen molar-refractivity contribution in [2.24, 2.45) is 0 Å². The molecule has 21 heavy (non-hydrogen) atoms. The number of H-pyrrole nitrogens is 1. The summed E-state index contributed by atoms with van der Waals surface area (Å²) in [7, 11) is 0. The number of aldehydes is 1. The van der Waals surface area contributed by atoms with Gasteiger partial charge in [-0.25, -0.2) is 4.79 Å². The van der Waals surface area contributed by atoms with Crippen LogP contribution >= 0.6 is 0 Å². The molecular weight excluding hydrogens is 270 g/mol. The molecule has 0 atom stereocenters. The van der Waals surface area contributed by atoms with Crippen molar-refractivity contribution >= 4 is 18.0 Å². The molecule has 1 aromatic heterocycles. The highest BCUT2D eigenvalue weighted by atomic mass is 16.6. The zero-order chi connectivity index (χ0) is 16.2. The van der Waals surface area contributed by atoms with Crippen LogP contribution in [0.4, 0.5) is 0 Å². The summed E-state index contributed by atoms with van der Waals surface area (Å²) in [6, 6.07) is 0. The molecule has 116 valence electrons. The van der Waals surface area contributed by atoms with E-state index in [0.717, 1.165) is 0 Å². The molecule has 0 saturated heterocycles. The molecule has 0 unspecified atom stereocenters. The highest BCUT2D eigenvalue weighted by Gasteiger charge is 2.26. The maximum absolute atomic E-state index is 12.3. The minimum Gasteiger partial charge on any atom is -0.494 e. The molecule has 1 rings (SSSR count). The monoisotopic (exact) mass is 293 g/mol. The minimum absolute atomic E-state index is 0.283. The summed E-state index contributed by atoms with van der Waals surface area (Å²) >= 11 is 0. The van der Waals surface area contributed by atoms with Crippen LogP contribution in [-0.2, 0) is 15.9 Å². The van der Waals surface area contributed by atoms with Crippen LogP contribution in [0.25, 0.3) is 5.76 Å². The highest BCUT2D eigenvalue weighted by Crippen LogP contribution is 2.27. The molecule has 1 heterocycles. The third-order valence-corrected chi connectivity index (χ3v) is 2.80. The smallest absolute Gasteiger partial charge is 0.355 e. The summed E-state index contributed by atoms with van der Waals surface area (Å²) in [6.07, 6.45) is 1.22. The van der Waals surface area contributed by atoms with Gasteiger partial charge in [0.25, 0.3) is 0 Å². The van der Waals surface area contributed by atoms with Gasteiger partial charge in [0.1, 0.15) is 17.1 Å². The van der Waals surface area contributed by atoms with Crippen LogP contribution in [0, 0.1) is 0 Å². The number of carbonyl (C=O) groups is 2. The van der Waals surface area contributed by atoms with Crippen LogP contribution in [0.5, 0.6) is 0 Å². The van der Waals surface area contributed by atoms with E-state index in [1.807, 2.05) is 13.8 Å². The molecule has 0 aromatic carbocycles. The maximum Gasteiger partial charge on any atom is 0.355 e. The van der Waals surface area contributed by atoms with Gasteiger partial charge in [0.05, 0.1) is 12.3 Å². The standard InChI is InChI=1S/C16H23NO4/c1-7-11-13(10(3)20-8-2)12(9-18)17-14(11)15(19)21-16(4,5)6/h9,17H,3,7-8H2,1-2,4-6H3. The number of aromatic nitrogens is 1. The van der Waals surface area contributed by atoms with E-state index < -0.39 is 11.6 Å². The summed E-state index contributed by atoms with van der Waals surface area (Å²) in [5.41, 5.74) is 1.20. The fourth-order valence-corrected chi connectivity index (χ4v) is 2.07. The van der Waals surface area contributed by atoms with E-state index >= 15 is 0 Å². The average molecular weight is 293 g/mol. The number of hydrogen-bond acceptors (Lipinski definition) is 4.